The smallest absolute Gasteiger partial charge is 0.259 e. The van der Waals surface area contributed by atoms with Gasteiger partial charge in [-0.2, -0.15) is 0 Å². The standard InChI is InChI=1S/C20H19Cl2NO4/c1-2-9-23-16-8-7-12(21)10-14(16)18(13-5-3-4-6-15(13)22)27-19(20(23)26)17(25)11-24/h3-8,10-11,17-19,25H,2,9H2,1H3. The van der Waals surface area contributed by atoms with Crippen molar-refractivity contribution >= 4 is 41.1 Å². The van der Waals surface area contributed by atoms with Crippen molar-refractivity contribution in [1.29, 1.82) is 0 Å². The predicted octanol–water partition coefficient (Wildman–Crippen LogP) is 3.78. The highest BCUT2D eigenvalue weighted by Crippen LogP contribution is 2.41. The van der Waals surface area contributed by atoms with Gasteiger partial charge in [-0.1, -0.05) is 48.3 Å². The van der Waals surface area contributed by atoms with Crippen molar-refractivity contribution in [2.24, 2.45) is 0 Å². The van der Waals surface area contributed by atoms with Crippen molar-refractivity contribution in [2.45, 2.75) is 31.7 Å². The van der Waals surface area contributed by atoms with E-state index < -0.39 is 24.2 Å². The zero-order chi connectivity index (χ0) is 19.6. The van der Waals surface area contributed by atoms with Crippen LogP contribution in [0.2, 0.25) is 10.0 Å². The number of carbonyl (C=O) groups excluding carboxylic acids is 2. The Hall–Kier alpha value is -1.92. The number of amides is 1. The lowest BCUT2D eigenvalue weighted by molar-refractivity contribution is -0.145. The number of aliphatic hydroxyl groups is 1. The number of benzene rings is 2. The van der Waals surface area contributed by atoms with Gasteiger partial charge in [-0.05, 0) is 30.7 Å². The van der Waals surface area contributed by atoms with Gasteiger partial charge in [-0.25, -0.2) is 0 Å². The minimum absolute atomic E-state index is 0.305. The lowest BCUT2D eigenvalue weighted by atomic mass is 9.99. The first kappa shape index (κ1) is 19.8. The monoisotopic (exact) mass is 407 g/mol. The van der Waals surface area contributed by atoms with E-state index in [1.54, 1.807) is 42.5 Å². The Morgan fingerprint density at radius 3 is 2.63 bits per heavy atom. The first-order valence-electron chi connectivity index (χ1n) is 8.62. The van der Waals surface area contributed by atoms with Gasteiger partial charge < -0.3 is 19.5 Å². The predicted molar refractivity (Wildman–Crippen MR) is 104 cm³/mol. The van der Waals surface area contributed by atoms with Gasteiger partial charge in [0.2, 0.25) is 0 Å². The summed E-state index contributed by atoms with van der Waals surface area (Å²) < 4.78 is 5.99. The molecule has 1 aliphatic rings. The van der Waals surface area contributed by atoms with E-state index in [2.05, 4.69) is 0 Å². The molecule has 7 heteroatoms. The Balaban J connectivity index is 2.23. The summed E-state index contributed by atoms with van der Waals surface area (Å²) in [7, 11) is 0. The topological polar surface area (TPSA) is 66.8 Å². The van der Waals surface area contributed by atoms with Gasteiger partial charge >= 0.3 is 0 Å². The second-order valence-electron chi connectivity index (χ2n) is 6.28. The number of nitrogens with zero attached hydrogens (tertiary/aromatic N) is 1. The molecular formula is C20H19Cl2NO4. The number of hydrogen-bond donors (Lipinski definition) is 1. The van der Waals surface area contributed by atoms with Crippen molar-refractivity contribution in [3.05, 3.63) is 63.6 Å². The molecule has 1 N–H and O–H groups in total. The van der Waals surface area contributed by atoms with Gasteiger partial charge in [0.15, 0.2) is 12.4 Å². The summed E-state index contributed by atoms with van der Waals surface area (Å²) in [6.45, 7) is 2.35. The van der Waals surface area contributed by atoms with E-state index in [0.29, 0.717) is 46.1 Å². The van der Waals surface area contributed by atoms with Crippen LogP contribution in [0, 0.1) is 0 Å². The average molecular weight is 408 g/mol. The third-order valence-electron chi connectivity index (χ3n) is 4.44. The minimum Gasteiger partial charge on any atom is -0.382 e. The molecule has 0 saturated carbocycles. The molecule has 5 nitrogen and oxygen atoms in total. The van der Waals surface area contributed by atoms with E-state index in [1.807, 2.05) is 6.92 Å². The van der Waals surface area contributed by atoms with E-state index in [0.717, 1.165) is 0 Å². The van der Waals surface area contributed by atoms with E-state index in [-0.39, 0.29) is 0 Å². The Labute approximate surface area is 167 Å². The fourth-order valence-corrected chi connectivity index (χ4v) is 3.63. The molecule has 0 radical (unpaired) electrons. The SMILES string of the molecule is CCCN1C(=O)C(C(O)C=O)OC(c2ccccc2Cl)c2cc(Cl)ccc21. The number of aldehydes is 1. The van der Waals surface area contributed by atoms with Crippen molar-refractivity contribution in [3.8, 4) is 0 Å². The van der Waals surface area contributed by atoms with Crippen LogP contribution in [-0.4, -0.2) is 36.1 Å². The molecule has 0 spiro atoms. The first-order chi connectivity index (χ1) is 13.0. The van der Waals surface area contributed by atoms with Gasteiger partial charge in [0.1, 0.15) is 12.2 Å². The van der Waals surface area contributed by atoms with Crippen LogP contribution in [0.1, 0.15) is 30.6 Å². The largest absolute Gasteiger partial charge is 0.382 e. The number of aliphatic hydroxyl groups excluding tert-OH is 1. The number of halogens is 2. The zero-order valence-corrected chi connectivity index (χ0v) is 16.2. The summed E-state index contributed by atoms with van der Waals surface area (Å²) in [5, 5.41) is 11.1. The maximum absolute atomic E-state index is 13.1. The van der Waals surface area contributed by atoms with E-state index in [1.165, 1.54) is 4.90 Å². The molecule has 3 unspecified atom stereocenters. The maximum Gasteiger partial charge on any atom is 0.259 e. The summed E-state index contributed by atoms with van der Waals surface area (Å²) in [6, 6.07) is 12.2. The number of carbonyl (C=O) groups is 2. The number of rotatable bonds is 5. The Bertz CT molecular complexity index is 858. The van der Waals surface area contributed by atoms with Crippen LogP contribution in [0.15, 0.2) is 42.5 Å². The first-order valence-corrected chi connectivity index (χ1v) is 9.37. The molecule has 1 amide bonds. The molecule has 1 heterocycles. The van der Waals surface area contributed by atoms with Gasteiger partial charge in [0.05, 0.1) is 0 Å². The molecule has 142 valence electrons. The lowest BCUT2D eigenvalue weighted by Crippen LogP contribution is -2.46. The summed E-state index contributed by atoms with van der Waals surface area (Å²) in [5.41, 5.74) is 1.90. The highest BCUT2D eigenvalue weighted by Gasteiger charge is 2.40. The number of anilines is 1. The highest BCUT2D eigenvalue weighted by molar-refractivity contribution is 6.31. The van der Waals surface area contributed by atoms with E-state index in [4.69, 9.17) is 27.9 Å². The molecule has 3 atom stereocenters. The second-order valence-corrected chi connectivity index (χ2v) is 7.12. The van der Waals surface area contributed by atoms with Gasteiger partial charge in [0.25, 0.3) is 5.91 Å². The minimum atomic E-state index is -1.59. The quantitative estimate of drug-likeness (QED) is 0.765. The van der Waals surface area contributed by atoms with E-state index >= 15 is 0 Å². The summed E-state index contributed by atoms with van der Waals surface area (Å²) in [6.07, 6.45) is -2.71. The van der Waals surface area contributed by atoms with Crippen LogP contribution in [0.25, 0.3) is 0 Å². The number of fused-ring (bicyclic) bond motifs is 1. The van der Waals surface area contributed by atoms with Crippen molar-refractivity contribution < 1.29 is 19.4 Å². The van der Waals surface area contributed by atoms with Crippen LogP contribution in [0.3, 0.4) is 0 Å². The second kappa shape index (κ2) is 8.40. The third-order valence-corrected chi connectivity index (χ3v) is 5.02. The van der Waals surface area contributed by atoms with Crippen LogP contribution >= 0.6 is 23.2 Å². The molecule has 0 saturated heterocycles. The molecule has 27 heavy (non-hydrogen) atoms. The Kier molecular flexibility index (Phi) is 6.17. The molecule has 0 fully saturated rings. The van der Waals surface area contributed by atoms with Crippen molar-refractivity contribution in [2.75, 3.05) is 11.4 Å². The fraction of sp³-hybridized carbons (Fsp3) is 0.300. The van der Waals surface area contributed by atoms with Crippen LogP contribution < -0.4 is 4.90 Å². The lowest BCUT2D eigenvalue weighted by Gasteiger charge is -2.25. The highest BCUT2D eigenvalue weighted by atomic mass is 35.5. The zero-order valence-electron chi connectivity index (χ0n) is 14.6. The molecule has 0 aromatic heterocycles. The summed E-state index contributed by atoms with van der Waals surface area (Å²) in [5.74, 6) is -0.477. The fourth-order valence-electron chi connectivity index (χ4n) is 3.21. The van der Waals surface area contributed by atoms with Crippen molar-refractivity contribution in [1.82, 2.24) is 0 Å². The van der Waals surface area contributed by atoms with Gasteiger partial charge in [-0.3, -0.25) is 4.79 Å². The summed E-state index contributed by atoms with van der Waals surface area (Å²) in [4.78, 5) is 25.8. The van der Waals surface area contributed by atoms with Crippen LogP contribution in [0.5, 0.6) is 0 Å². The third kappa shape index (κ3) is 3.87. The molecular weight excluding hydrogens is 389 g/mol. The molecule has 0 aliphatic carbocycles. The van der Waals surface area contributed by atoms with Crippen LogP contribution in [0.4, 0.5) is 5.69 Å². The molecule has 2 aromatic carbocycles. The molecule has 1 aliphatic heterocycles. The maximum atomic E-state index is 13.1. The number of hydrogen-bond acceptors (Lipinski definition) is 4. The molecule has 3 rings (SSSR count). The number of ether oxygens (including phenoxy) is 1. The van der Waals surface area contributed by atoms with Gasteiger partial charge in [-0.15, -0.1) is 0 Å². The van der Waals surface area contributed by atoms with Crippen molar-refractivity contribution in [3.63, 3.8) is 0 Å². The van der Waals surface area contributed by atoms with Gasteiger partial charge in [0, 0.05) is 33.4 Å². The summed E-state index contributed by atoms with van der Waals surface area (Å²) >= 11 is 12.6. The Morgan fingerprint density at radius 1 is 1.22 bits per heavy atom. The van der Waals surface area contributed by atoms with Crippen LogP contribution in [-0.2, 0) is 14.3 Å². The molecule has 0 bridgehead atoms. The molecule has 2 aromatic rings. The average Bonchev–Trinajstić information content (AvgIpc) is 2.77. The van der Waals surface area contributed by atoms with E-state index in [9.17, 15) is 14.7 Å². The Morgan fingerprint density at radius 2 is 1.96 bits per heavy atom. The normalized spacial score (nSPS) is 20.7.